The van der Waals surface area contributed by atoms with Crippen molar-refractivity contribution in [2.24, 2.45) is 11.7 Å². The Bertz CT molecular complexity index is 334. The first-order valence-electron chi connectivity index (χ1n) is 6.39. The van der Waals surface area contributed by atoms with Crippen LogP contribution in [0.15, 0.2) is 30.3 Å². The second kappa shape index (κ2) is 7.72. The van der Waals surface area contributed by atoms with Crippen molar-refractivity contribution in [3.8, 4) is 0 Å². The normalized spacial score (nSPS) is 23.9. The van der Waals surface area contributed by atoms with E-state index in [1.807, 2.05) is 6.07 Å². The number of halogens is 2. The largest absolute Gasteiger partial charge is 0.329 e. The molecular formula is C14H22ClFN2. The van der Waals surface area contributed by atoms with Gasteiger partial charge in [-0.1, -0.05) is 30.3 Å². The Morgan fingerprint density at radius 2 is 2.00 bits per heavy atom. The van der Waals surface area contributed by atoms with Gasteiger partial charge in [-0.25, -0.2) is 0 Å². The van der Waals surface area contributed by atoms with Crippen LogP contribution in [0.4, 0.5) is 4.39 Å². The molecule has 102 valence electrons. The molecule has 0 aliphatic carbocycles. The molecule has 1 saturated heterocycles. The fraction of sp³-hybridized carbons (Fsp3) is 0.571. The van der Waals surface area contributed by atoms with Crippen molar-refractivity contribution in [1.82, 2.24) is 4.90 Å². The fourth-order valence-corrected chi connectivity index (χ4v) is 2.82. The molecule has 1 aromatic carbocycles. The van der Waals surface area contributed by atoms with Gasteiger partial charge in [-0.15, -0.1) is 12.4 Å². The van der Waals surface area contributed by atoms with E-state index in [9.17, 15) is 4.39 Å². The standard InChI is InChI=1S/C14H21FN2.ClH/c15-8-6-13-7-9-17(14(13)10-16)11-12-4-2-1-3-5-12;/h1-5,13-14H,6-11,16H2;1H. The summed E-state index contributed by atoms with van der Waals surface area (Å²) in [5, 5.41) is 0. The summed E-state index contributed by atoms with van der Waals surface area (Å²) >= 11 is 0. The second-order valence-electron chi connectivity index (χ2n) is 4.79. The maximum Gasteiger partial charge on any atom is 0.0897 e. The lowest BCUT2D eigenvalue weighted by atomic mass is 9.97. The lowest BCUT2D eigenvalue weighted by Crippen LogP contribution is -2.38. The van der Waals surface area contributed by atoms with Crippen molar-refractivity contribution in [1.29, 1.82) is 0 Å². The number of likely N-dealkylation sites (tertiary alicyclic amines) is 1. The van der Waals surface area contributed by atoms with E-state index in [2.05, 4.69) is 29.2 Å². The van der Waals surface area contributed by atoms with Gasteiger partial charge in [-0.3, -0.25) is 9.29 Å². The van der Waals surface area contributed by atoms with Crippen LogP contribution in [0, 0.1) is 5.92 Å². The average Bonchev–Trinajstić information content (AvgIpc) is 2.73. The number of hydrogen-bond acceptors (Lipinski definition) is 2. The van der Waals surface area contributed by atoms with E-state index in [4.69, 9.17) is 5.73 Å². The third-order valence-electron chi connectivity index (χ3n) is 3.75. The van der Waals surface area contributed by atoms with Crippen LogP contribution in [0.2, 0.25) is 0 Å². The van der Waals surface area contributed by atoms with Crippen LogP contribution in [0.3, 0.4) is 0 Å². The van der Waals surface area contributed by atoms with E-state index >= 15 is 0 Å². The first-order valence-corrected chi connectivity index (χ1v) is 6.39. The molecule has 18 heavy (non-hydrogen) atoms. The van der Waals surface area contributed by atoms with Crippen LogP contribution in [-0.2, 0) is 6.54 Å². The average molecular weight is 273 g/mol. The van der Waals surface area contributed by atoms with Gasteiger partial charge in [0.25, 0.3) is 0 Å². The highest BCUT2D eigenvalue weighted by molar-refractivity contribution is 5.85. The zero-order valence-corrected chi connectivity index (χ0v) is 11.4. The van der Waals surface area contributed by atoms with Gasteiger partial charge in [0.2, 0.25) is 0 Å². The van der Waals surface area contributed by atoms with Crippen LogP contribution >= 0.6 is 12.4 Å². The molecule has 1 heterocycles. The van der Waals surface area contributed by atoms with Crippen LogP contribution in [0.25, 0.3) is 0 Å². The Labute approximate surface area is 115 Å². The molecule has 1 aromatic rings. The highest BCUT2D eigenvalue weighted by Gasteiger charge is 2.32. The predicted molar refractivity (Wildman–Crippen MR) is 75.6 cm³/mol. The van der Waals surface area contributed by atoms with Crippen molar-refractivity contribution in [3.05, 3.63) is 35.9 Å². The first-order chi connectivity index (χ1) is 8.35. The van der Waals surface area contributed by atoms with Gasteiger partial charge in [-0.05, 0) is 30.9 Å². The van der Waals surface area contributed by atoms with E-state index in [1.165, 1.54) is 5.56 Å². The molecule has 1 aliphatic heterocycles. The van der Waals surface area contributed by atoms with E-state index < -0.39 is 0 Å². The maximum atomic E-state index is 12.4. The van der Waals surface area contributed by atoms with Crippen LogP contribution in [0.5, 0.6) is 0 Å². The number of benzene rings is 1. The summed E-state index contributed by atoms with van der Waals surface area (Å²) in [5.41, 5.74) is 7.15. The molecule has 2 atom stereocenters. The van der Waals surface area contributed by atoms with E-state index in [1.54, 1.807) is 0 Å². The van der Waals surface area contributed by atoms with Crippen molar-refractivity contribution in [2.45, 2.75) is 25.4 Å². The Kier molecular flexibility index (Phi) is 6.61. The topological polar surface area (TPSA) is 29.3 Å². The summed E-state index contributed by atoms with van der Waals surface area (Å²) in [6.07, 6.45) is 1.74. The zero-order valence-electron chi connectivity index (χ0n) is 10.6. The number of nitrogens with zero attached hydrogens (tertiary/aromatic N) is 1. The third-order valence-corrected chi connectivity index (χ3v) is 3.75. The summed E-state index contributed by atoms with van der Waals surface area (Å²) in [6.45, 7) is 2.39. The van der Waals surface area contributed by atoms with E-state index in [0.29, 0.717) is 24.9 Å². The Morgan fingerprint density at radius 1 is 1.28 bits per heavy atom. The molecule has 0 spiro atoms. The predicted octanol–water partition coefficient (Wildman–Crippen LogP) is 2.62. The molecule has 2 nitrogen and oxygen atoms in total. The fourth-order valence-electron chi connectivity index (χ4n) is 2.82. The molecule has 2 unspecified atom stereocenters. The smallest absolute Gasteiger partial charge is 0.0897 e. The molecule has 0 aromatic heterocycles. The monoisotopic (exact) mass is 272 g/mol. The van der Waals surface area contributed by atoms with Gasteiger partial charge in [0.05, 0.1) is 6.67 Å². The van der Waals surface area contributed by atoms with Gasteiger partial charge >= 0.3 is 0 Å². The molecule has 1 fully saturated rings. The lowest BCUT2D eigenvalue weighted by Gasteiger charge is -2.26. The van der Waals surface area contributed by atoms with Gasteiger partial charge < -0.3 is 5.73 Å². The van der Waals surface area contributed by atoms with Crippen molar-refractivity contribution >= 4 is 12.4 Å². The first kappa shape index (κ1) is 15.4. The van der Waals surface area contributed by atoms with Crippen molar-refractivity contribution in [2.75, 3.05) is 19.8 Å². The molecular weight excluding hydrogens is 251 g/mol. The molecule has 0 amide bonds. The van der Waals surface area contributed by atoms with Gasteiger partial charge in [0.1, 0.15) is 0 Å². The quantitative estimate of drug-likeness (QED) is 0.893. The van der Waals surface area contributed by atoms with E-state index in [-0.39, 0.29) is 19.1 Å². The summed E-state index contributed by atoms with van der Waals surface area (Å²) in [7, 11) is 0. The molecule has 4 heteroatoms. The minimum atomic E-state index is -0.222. The Hall–Kier alpha value is -0.640. The van der Waals surface area contributed by atoms with E-state index in [0.717, 1.165) is 19.5 Å². The maximum absolute atomic E-state index is 12.4. The Balaban J connectivity index is 0.00000162. The lowest BCUT2D eigenvalue weighted by molar-refractivity contribution is 0.212. The summed E-state index contributed by atoms with van der Waals surface area (Å²) in [4.78, 5) is 2.40. The second-order valence-corrected chi connectivity index (χ2v) is 4.79. The molecule has 0 radical (unpaired) electrons. The summed E-state index contributed by atoms with van der Waals surface area (Å²) in [5.74, 6) is 0.439. The molecule has 0 saturated carbocycles. The highest BCUT2D eigenvalue weighted by Crippen LogP contribution is 2.28. The number of rotatable bonds is 5. The molecule has 2 rings (SSSR count). The van der Waals surface area contributed by atoms with Gasteiger partial charge in [0, 0.05) is 19.1 Å². The van der Waals surface area contributed by atoms with Crippen molar-refractivity contribution in [3.63, 3.8) is 0 Å². The number of hydrogen-bond donors (Lipinski definition) is 1. The summed E-state index contributed by atoms with van der Waals surface area (Å²) in [6, 6.07) is 10.8. The number of nitrogens with two attached hydrogens (primary N) is 1. The third kappa shape index (κ3) is 3.67. The van der Waals surface area contributed by atoms with Crippen LogP contribution in [0.1, 0.15) is 18.4 Å². The summed E-state index contributed by atoms with van der Waals surface area (Å²) < 4.78 is 12.4. The Morgan fingerprint density at radius 3 is 2.61 bits per heavy atom. The van der Waals surface area contributed by atoms with Crippen molar-refractivity contribution < 1.29 is 4.39 Å². The van der Waals surface area contributed by atoms with Crippen LogP contribution in [-0.4, -0.2) is 30.7 Å². The SMILES string of the molecule is Cl.NCC1C(CCF)CCN1Cc1ccccc1. The highest BCUT2D eigenvalue weighted by atomic mass is 35.5. The molecule has 2 N–H and O–H groups in total. The van der Waals surface area contributed by atoms with Gasteiger partial charge in [-0.2, -0.15) is 0 Å². The molecule has 0 bridgehead atoms. The zero-order chi connectivity index (χ0) is 12.1. The van der Waals surface area contributed by atoms with Crippen LogP contribution < -0.4 is 5.73 Å². The van der Waals surface area contributed by atoms with Gasteiger partial charge in [0.15, 0.2) is 0 Å². The number of alkyl halides is 1. The minimum absolute atomic E-state index is 0. The minimum Gasteiger partial charge on any atom is -0.329 e. The molecule has 1 aliphatic rings.